The SMILES string of the molecule is CC(C)C(O)C(C)(C)CNC(=O)CNC(=O)CC1CCCCC1. The molecule has 1 rings (SSSR count). The summed E-state index contributed by atoms with van der Waals surface area (Å²) in [6.07, 6.45) is 6.01. The van der Waals surface area contributed by atoms with Crippen molar-refractivity contribution in [3.8, 4) is 0 Å². The normalized spacial score (nSPS) is 17.8. The second-order valence-corrected chi connectivity index (χ2v) is 7.94. The Hall–Kier alpha value is -1.10. The van der Waals surface area contributed by atoms with Crippen molar-refractivity contribution < 1.29 is 14.7 Å². The Morgan fingerprint density at radius 3 is 2.26 bits per heavy atom. The summed E-state index contributed by atoms with van der Waals surface area (Å²) in [7, 11) is 0. The molecule has 3 N–H and O–H groups in total. The number of aliphatic hydroxyl groups excluding tert-OH is 1. The van der Waals surface area contributed by atoms with Gasteiger partial charge in [0, 0.05) is 18.4 Å². The molecule has 0 aromatic heterocycles. The van der Waals surface area contributed by atoms with Gasteiger partial charge in [0.2, 0.25) is 11.8 Å². The second-order valence-electron chi connectivity index (χ2n) is 7.94. The standard InChI is InChI=1S/C18H34N2O3/c1-13(2)17(23)18(3,4)12-20-16(22)11-19-15(21)10-14-8-6-5-7-9-14/h13-14,17,23H,5-12H2,1-4H3,(H,19,21)(H,20,22). The van der Waals surface area contributed by atoms with Gasteiger partial charge in [-0.3, -0.25) is 9.59 Å². The lowest BCUT2D eigenvalue weighted by atomic mass is 9.81. The van der Waals surface area contributed by atoms with Crippen LogP contribution in [0.25, 0.3) is 0 Å². The Labute approximate surface area is 140 Å². The zero-order valence-electron chi connectivity index (χ0n) is 15.2. The highest BCUT2D eigenvalue weighted by atomic mass is 16.3. The molecular formula is C18H34N2O3. The Morgan fingerprint density at radius 2 is 1.70 bits per heavy atom. The summed E-state index contributed by atoms with van der Waals surface area (Å²) in [5.41, 5.74) is -0.393. The number of carbonyl (C=O) groups excluding carboxylic acids is 2. The van der Waals surface area contributed by atoms with Gasteiger partial charge in [-0.1, -0.05) is 47.0 Å². The summed E-state index contributed by atoms with van der Waals surface area (Å²) in [5.74, 6) is 0.378. The lowest BCUT2D eigenvalue weighted by Gasteiger charge is -2.33. The molecule has 1 atom stereocenters. The first-order chi connectivity index (χ1) is 10.7. The minimum absolute atomic E-state index is 0.0133. The van der Waals surface area contributed by atoms with E-state index < -0.39 is 11.5 Å². The van der Waals surface area contributed by atoms with Crippen LogP contribution in [0.2, 0.25) is 0 Å². The third kappa shape index (κ3) is 7.34. The molecule has 1 unspecified atom stereocenters. The number of amides is 2. The third-order valence-corrected chi connectivity index (χ3v) is 4.82. The molecule has 5 heteroatoms. The van der Waals surface area contributed by atoms with Crippen molar-refractivity contribution in [1.29, 1.82) is 0 Å². The Bertz CT molecular complexity index is 388. The van der Waals surface area contributed by atoms with Gasteiger partial charge in [-0.05, 0) is 24.7 Å². The first kappa shape index (κ1) is 19.9. The van der Waals surface area contributed by atoms with E-state index >= 15 is 0 Å². The fourth-order valence-corrected chi connectivity index (χ4v) is 3.30. The molecule has 0 radical (unpaired) electrons. The zero-order valence-corrected chi connectivity index (χ0v) is 15.2. The van der Waals surface area contributed by atoms with E-state index in [0.29, 0.717) is 18.9 Å². The number of nitrogens with one attached hydrogen (secondary N) is 2. The molecule has 2 amide bonds. The predicted octanol–water partition coefficient (Wildman–Crippen LogP) is 2.23. The second kappa shape index (κ2) is 9.26. The van der Waals surface area contributed by atoms with E-state index in [-0.39, 0.29) is 24.3 Å². The summed E-state index contributed by atoms with van der Waals surface area (Å²) in [4.78, 5) is 23.8. The van der Waals surface area contributed by atoms with Crippen LogP contribution in [0.3, 0.4) is 0 Å². The van der Waals surface area contributed by atoms with Crippen molar-refractivity contribution in [2.45, 2.75) is 72.3 Å². The average Bonchev–Trinajstić information content (AvgIpc) is 2.51. The molecule has 5 nitrogen and oxygen atoms in total. The highest BCUT2D eigenvalue weighted by molar-refractivity contribution is 5.84. The van der Waals surface area contributed by atoms with Gasteiger partial charge in [-0.25, -0.2) is 0 Å². The third-order valence-electron chi connectivity index (χ3n) is 4.82. The van der Waals surface area contributed by atoms with E-state index in [1.807, 2.05) is 27.7 Å². The predicted molar refractivity (Wildman–Crippen MR) is 91.8 cm³/mol. The van der Waals surface area contributed by atoms with Crippen LogP contribution in [0.5, 0.6) is 0 Å². The zero-order chi connectivity index (χ0) is 17.5. The lowest BCUT2D eigenvalue weighted by molar-refractivity contribution is -0.127. The molecule has 0 aromatic rings. The summed E-state index contributed by atoms with van der Waals surface area (Å²) in [5, 5.41) is 15.7. The number of hydrogen-bond donors (Lipinski definition) is 3. The Morgan fingerprint density at radius 1 is 1.09 bits per heavy atom. The van der Waals surface area contributed by atoms with E-state index in [4.69, 9.17) is 0 Å². The number of rotatable bonds is 8. The average molecular weight is 326 g/mol. The maximum Gasteiger partial charge on any atom is 0.239 e. The highest BCUT2D eigenvalue weighted by Crippen LogP contribution is 2.26. The largest absolute Gasteiger partial charge is 0.392 e. The molecule has 0 aromatic carbocycles. The van der Waals surface area contributed by atoms with Crippen LogP contribution in [-0.4, -0.2) is 36.1 Å². The Balaban J connectivity index is 2.24. The van der Waals surface area contributed by atoms with Crippen LogP contribution in [0, 0.1) is 17.3 Å². The minimum Gasteiger partial charge on any atom is -0.392 e. The molecule has 1 aliphatic rings. The van der Waals surface area contributed by atoms with Crippen LogP contribution in [0.15, 0.2) is 0 Å². The van der Waals surface area contributed by atoms with Gasteiger partial charge in [0.05, 0.1) is 12.6 Å². The summed E-state index contributed by atoms with van der Waals surface area (Å²) in [6.45, 7) is 8.18. The molecular weight excluding hydrogens is 292 g/mol. The van der Waals surface area contributed by atoms with Gasteiger partial charge in [0.25, 0.3) is 0 Å². The summed E-state index contributed by atoms with van der Waals surface area (Å²) >= 11 is 0. The lowest BCUT2D eigenvalue weighted by Crippen LogP contribution is -2.46. The number of hydrogen-bond acceptors (Lipinski definition) is 3. The van der Waals surface area contributed by atoms with Crippen LogP contribution in [0.1, 0.15) is 66.2 Å². The van der Waals surface area contributed by atoms with Gasteiger partial charge >= 0.3 is 0 Å². The fourth-order valence-electron chi connectivity index (χ4n) is 3.30. The first-order valence-corrected chi connectivity index (χ1v) is 8.94. The number of aliphatic hydroxyl groups is 1. The molecule has 1 saturated carbocycles. The smallest absolute Gasteiger partial charge is 0.239 e. The molecule has 0 spiro atoms. The van der Waals surface area contributed by atoms with Crippen LogP contribution < -0.4 is 10.6 Å². The van der Waals surface area contributed by atoms with E-state index in [1.165, 1.54) is 19.3 Å². The minimum atomic E-state index is -0.483. The molecule has 0 saturated heterocycles. The van der Waals surface area contributed by atoms with Crippen LogP contribution in [0.4, 0.5) is 0 Å². The molecule has 1 aliphatic carbocycles. The monoisotopic (exact) mass is 326 g/mol. The first-order valence-electron chi connectivity index (χ1n) is 8.94. The molecule has 23 heavy (non-hydrogen) atoms. The van der Waals surface area contributed by atoms with Gasteiger partial charge in [0.15, 0.2) is 0 Å². The molecule has 0 aliphatic heterocycles. The highest BCUT2D eigenvalue weighted by Gasteiger charge is 2.30. The summed E-state index contributed by atoms with van der Waals surface area (Å²) < 4.78 is 0. The van der Waals surface area contributed by atoms with Gasteiger partial charge in [0.1, 0.15) is 0 Å². The molecule has 0 heterocycles. The topological polar surface area (TPSA) is 78.4 Å². The van der Waals surface area contributed by atoms with E-state index in [0.717, 1.165) is 12.8 Å². The van der Waals surface area contributed by atoms with Crippen molar-refractivity contribution in [3.05, 3.63) is 0 Å². The van der Waals surface area contributed by atoms with Crippen molar-refractivity contribution in [2.75, 3.05) is 13.1 Å². The fraction of sp³-hybridized carbons (Fsp3) is 0.889. The van der Waals surface area contributed by atoms with Crippen LogP contribution >= 0.6 is 0 Å². The van der Waals surface area contributed by atoms with Crippen molar-refractivity contribution in [2.24, 2.45) is 17.3 Å². The molecule has 134 valence electrons. The Kier molecular flexibility index (Phi) is 8.03. The maximum absolute atomic E-state index is 11.9. The van der Waals surface area contributed by atoms with Crippen molar-refractivity contribution in [1.82, 2.24) is 10.6 Å². The van der Waals surface area contributed by atoms with Crippen molar-refractivity contribution >= 4 is 11.8 Å². The summed E-state index contributed by atoms with van der Waals surface area (Å²) in [6, 6.07) is 0. The van der Waals surface area contributed by atoms with E-state index in [1.54, 1.807) is 0 Å². The van der Waals surface area contributed by atoms with Gasteiger partial charge < -0.3 is 15.7 Å². The molecule has 1 fully saturated rings. The van der Waals surface area contributed by atoms with Gasteiger partial charge in [-0.2, -0.15) is 0 Å². The van der Waals surface area contributed by atoms with Gasteiger partial charge in [-0.15, -0.1) is 0 Å². The van der Waals surface area contributed by atoms with E-state index in [9.17, 15) is 14.7 Å². The quantitative estimate of drug-likeness (QED) is 0.640. The van der Waals surface area contributed by atoms with Crippen molar-refractivity contribution in [3.63, 3.8) is 0 Å². The number of carbonyl (C=O) groups is 2. The maximum atomic E-state index is 11.9. The molecule has 0 bridgehead atoms. The van der Waals surface area contributed by atoms with E-state index in [2.05, 4.69) is 10.6 Å². The van der Waals surface area contributed by atoms with Crippen LogP contribution in [-0.2, 0) is 9.59 Å².